The number of nitrogens with one attached hydrogen (secondary N) is 2. The topological polar surface area (TPSA) is 204 Å². The Morgan fingerprint density at radius 3 is 1.89 bits per heavy atom. The van der Waals surface area contributed by atoms with Crippen LogP contribution in [0.1, 0.15) is 106 Å². The van der Waals surface area contributed by atoms with E-state index >= 15 is 0 Å². The van der Waals surface area contributed by atoms with Crippen molar-refractivity contribution in [2.45, 2.75) is 148 Å². The second-order valence-corrected chi connectivity index (χ2v) is 19.1. The monoisotopic (exact) mass is 857 g/mol. The molecule has 1 spiro atoms. The van der Waals surface area contributed by atoms with Crippen molar-refractivity contribution in [3.8, 4) is 11.5 Å². The number of benzene rings is 1. The van der Waals surface area contributed by atoms with Gasteiger partial charge in [0.25, 0.3) is 0 Å². The number of amides is 2. The van der Waals surface area contributed by atoms with E-state index in [0.29, 0.717) is 30.9 Å². The lowest BCUT2D eigenvalue weighted by molar-refractivity contribution is -0.207. The van der Waals surface area contributed by atoms with Gasteiger partial charge in [-0.15, -0.1) is 0 Å². The Hall–Kier alpha value is -5.06. The average Bonchev–Trinajstić information content (AvgIpc) is 3.49. The third-order valence-electron chi connectivity index (χ3n) is 10.9. The lowest BCUT2D eigenvalue weighted by Gasteiger charge is -2.62. The molecule has 2 aliphatic carbocycles. The number of rotatable bonds is 15. The molecule has 2 amide bonds. The van der Waals surface area contributed by atoms with Crippen LogP contribution in [0, 0.1) is 11.8 Å². The van der Waals surface area contributed by atoms with Crippen LogP contribution in [-0.2, 0) is 59.4 Å². The van der Waals surface area contributed by atoms with Crippen LogP contribution in [0.25, 0.3) is 0 Å². The van der Waals surface area contributed by atoms with Gasteiger partial charge in [-0.2, -0.15) is 0 Å². The van der Waals surface area contributed by atoms with Crippen molar-refractivity contribution >= 4 is 36.1 Å². The number of likely N-dealkylation sites (tertiary alicyclic amines) is 1. The lowest BCUT2D eigenvalue weighted by atomic mass is 9.50. The third-order valence-corrected chi connectivity index (χ3v) is 10.9. The molecule has 17 heteroatoms. The minimum Gasteiger partial charge on any atom is -0.493 e. The van der Waals surface area contributed by atoms with Crippen molar-refractivity contribution in [3.05, 3.63) is 35.1 Å². The second-order valence-electron chi connectivity index (χ2n) is 19.1. The van der Waals surface area contributed by atoms with E-state index in [1.54, 1.807) is 53.7 Å². The highest BCUT2D eigenvalue weighted by Gasteiger charge is 2.74. The number of carbonyl (C=O) groups is 6. The van der Waals surface area contributed by atoms with Crippen LogP contribution in [0.2, 0.25) is 0 Å². The Balaban J connectivity index is 1.50. The summed E-state index contributed by atoms with van der Waals surface area (Å²) in [5.74, 6) is -2.37. The van der Waals surface area contributed by atoms with Crippen LogP contribution < -0.4 is 20.1 Å². The fourth-order valence-corrected chi connectivity index (χ4v) is 8.49. The summed E-state index contributed by atoms with van der Waals surface area (Å²) in [5.41, 5.74) is -2.53. The van der Waals surface area contributed by atoms with Crippen molar-refractivity contribution < 1.29 is 66.7 Å². The van der Waals surface area contributed by atoms with Crippen molar-refractivity contribution in [3.63, 3.8) is 0 Å². The van der Waals surface area contributed by atoms with E-state index in [4.69, 9.17) is 37.9 Å². The van der Waals surface area contributed by atoms with Gasteiger partial charge in [0.1, 0.15) is 34.6 Å². The second kappa shape index (κ2) is 18.1. The van der Waals surface area contributed by atoms with E-state index in [9.17, 15) is 28.8 Å². The smallest absolute Gasteiger partial charge is 0.408 e. The molecule has 0 unspecified atom stereocenters. The van der Waals surface area contributed by atoms with Crippen LogP contribution in [0.4, 0.5) is 9.59 Å². The van der Waals surface area contributed by atoms with Crippen molar-refractivity contribution in [1.29, 1.82) is 0 Å². The molecule has 4 aliphatic rings. The molecular formula is C44H63N3O14. The number of alkyl carbamates (subject to hydrolysis) is 2. The molecule has 338 valence electrons. The molecule has 0 aromatic heterocycles. The van der Waals surface area contributed by atoms with Gasteiger partial charge in [0.15, 0.2) is 17.6 Å². The minimum absolute atomic E-state index is 0.0121. The van der Waals surface area contributed by atoms with Gasteiger partial charge in [0.2, 0.25) is 0 Å². The van der Waals surface area contributed by atoms with Gasteiger partial charge in [-0.3, -0.25) is 14.5 Å². The predicted molar refractivity (Wildman–Crippen MR) is 219 cm³/mol. The molecule has 1 saturated heterocycles. The highest BCUT2D eigenvalue weighted by atomic mass is 16.6. The highest BCUT2D eigenvalue weighted by molar-refractivity contribution is 5.88. The minimum atomic E-state index is -1.44. The molecule has 2 bridgehead atoms. The zero-order valence-corrected chi connectivity index (χ0v) is 37.5. The first-order valence-electron chi connectivity index (χ1n) is 20.9. The summed E-state index contributed by atoms with van der Waals surface area (Å²) in [4.78, 5) is 82.7. The van der Waals surface area contributed by atoms with E-state index in [1.165, 1.54) is 7.11 Å². The number of hydrogen-bond donors (Lipinski definition) is 2. The van der Waals surface area contributed by atoms with E-state index in [2.05, 4.69) is 15.5 Å². The molecule has 6 atom stereocenters. The molecule has 1 aromatic rings. The number of ether oxygens (including phenoxy) is 8. The van der Waals surface area contributed by atoms with Crippen molar-refractivity contribution in [2.75, 3.05) is 33.9 Å². The molecule has 61 heavy (non-hydrogen) atoms. The maximum Gasteiger partial charge on any atom is 0.408 e. The number of hydrogen-bond acceptors (Lipinski definition) is 15. The molecule has 2 aliphatic heterocycles. The summed E-state index contributed by atoms with van der Waals surface area (Å²) < 4.78 is 46.9. The maximum atomic E-state index is 14.4. The molecule has 17 nitrogen and oxygen atoms in total. The molecule has 1 fully saturated rings. The van der Waals surface area contributed by atoms with Crippen molar-refractivity contribution in [2.24, 2.45) is 11.8 Å². The van der Waals surface area contributed by atoms with Gasteiger partial charge in [0, 0.05) is 12.0 Å². The molecular weight excluding hydrogens is 794 g/mol. The van der Waals surface area contributed by atoms with E-state index in [0.717, 1.165) is 11.1 Å². The van der Waals surface area contributed by atoms with Crippen LogP contribution in [-0.4, -0.2) is 116 Å². The normalized spacial score (nSPS) is 23.6. The molecule has 1 aromatic carbocycles. The van der Waals surface area contributed by atoms with Crippen LogP contribution >= 0.6 is 0 Å². The Bertz CT molecular complexity index is 1900. The highest BCUT2D eigenvalue weighted by Crippen LogP contribution is 2.66. The summed E-state index contributed by atoms with van der Waals surface area (Å²) in [7, 11) is 3.46. The average molecular weight is 858 g/mol. The molecule has 2 N–H and O–H groups in total. The molecule has 0 radical (unpaired) electrons. The van der Waals surface area contributed by atoms with Gasteiger partial charge in [-0.1, -0.05) is 33.8 Å². The fourth-order valence-electron chi connectivity index (χ4n) is 8.49. The Labute approximate surface area is 357 Å². The summed E-state index contributed by atoms with van der Waals surface area (Å²) in [5, 5.41) is 4.96. The van der Waals surface area contributed by atoms with Gasteiger partial charge >= 0.3 is 36.1 Å². The first-order chi connectivity index (χ1) is 28.4. The third kappa shape index (κ3) is 10.4. The largest absolute Gasteiger partial charge is 0.493 e. The summed E-state index contributed by atoms with van der Waals surface area (Å²) in [6.07, 6.45) is -1.46. The summed E-state index contributed by atoms with van der Waals surface area (Å²) >= 11 is 0. The van der Waals surface area contributed by atoms with Crippen LogP contribution in [0.3, 0.4) is 0 Å². The number of carbonyl (C=O) groups excluding carboxylic acids is 6. The maximum absolute atomic E-state index is 14.4. The molecule has 2 heterocycles. The van der Waals surface area contributed by atoms with E-state index in [1.807, 2.05) is 40.8 Å². The fraction of sp³-hybridized carbons (Fsp3) is 0.682. The molecule has 0 saturated carbocycles. The number of likely N-dealkylation sites (N-methyl/N-ethyl adjacent to an activating group) is 1. The van der Waals surface area contributed by atoms with Gasteiger partial charge in [-0.25, -0.2) is 19.2 Å². The Morgan fingerprint density at radius 2 is 1.38 bits per heavy atom. The summed E-state index contributed by atoms with van der Waals surface area (Å²) in [6, 6.07) is 0.486. The zero-order valence-electron chi connectivity index (χ0n) is 37.5. The Kier molecular flexibility index (Phi) is 14.0. The number of nitrogens with zero attached hydrogens (tertiary/aromatic N) is 1. The van der Waals surface area contributed by atoms with Gasteiger partial charge in [-0.05, 0) is 97.5 Å². The Morgan fingerprint density at radius 1 is 0.836 bits per heavy atom. The SMILES string of the molecule is COc1ccc2c3c1O[C@H]1C(OC(=O)C[C@H](NC(=O)OC(C)(C)C)C(=O)OCC(C)C)=CC[C@@]4(OC(=O)C[C@H](NC(=O)OC(C)(C)C)C(=O)OCC(C)C)[C@@H](C2)N(C)CC[C@]314. The lowest BCUT2D eigenvalue weighted by Crippen LogP contribution is -2.75. The first kappa shape index (κ1) is 47.0. The van der Waals surface area contributed by atoms with Crippen molar-refractivity contribution in [1.82, 2.24) is 15.5 Å². The van der Waals surface area contributed by atoms with Crippen LogP contribution in [0.5, 0.6) is 11.5 Å². The quantitative estimate of drug-likeness (QED) is 0.175. The predicted octanol–water partition coefficient (Wildman–Crippen LogP) is 5.03. The van der Waals surface area contributed by atoms with Gasteiger partial charge in [0.05, 0.1) is 44.6 Å². The number of piperidine rings is 1. The van der Waals surface area contributed by atoms with E-state index in [-0.39, 0.29) is 37.2 Å². The van der Waals surface area contributed by atoms with Crippen LogP contribution in [0.15, 0.2) is 24.0 Å². The van der Waals surface area contributed by atoms with Gasteiger partial charge < -0.3 is 48.5 Å². The van der Waals surface area contributed by atoms with E-state index < -0.39 is 95.4 Å². The number of esters is 4. The first-order valence-corrected chi connectivity index (χ1v) is 20.9. The number of methoxy groups -OCH3 is 1. The zero-order chi connectivity index (χ0) is 45.2. The summed E-state index contributed by atoms with van der Waals surface area (Å²) in [6.45, 7) is 18.1. The standard InChI is InChI=1S/C44H63N3O14/c1-24(2)22-55-37(50)27(45-39(52)60-41(5,6)7)20-32(48)57-30-15-16-44(59-33(49)21-28(38(51)56-23-25(3)4)46-40(53)61-42(8,9)10)31-19-26-13-14-29(54-12)35-34(26)43(44,36(30)58-35)17-18-47(31)11/h13-15,24-25,27-28,31,36H,16-23H2,1-12H3,(H,45,52)(H,46,53)/t27-,28-,31+,36-,43-,44+/m0/s1. The molecule has 5 rings (SSSR count).